The number of halogens is 1. The van der Waals surface area contributed by atoms with Crippen LogP contribution < -0.4 is 4.74 Å². The van der Waals surface area contributed by atoms with Gasteiger partial charge in [-0.25, -0.2) is 0 Å². The van der Waals surface area contributed by atoms with E-state index in [-0.39, 0.29) is 0 Å². The number of hydrogen-bond donors (Lipinski definition) is 0. The summed E-state index contributed by atoms with van der Waals surface area (Å²) >= 11 is 3.78. The van der Waals surface area contributed by atoms with Crippen LogP contribution >= 0.6 is 15.9 Å². The van der Waals surface area contributed by atoms with Crippen LogP contribution in [0.15, 0.2) is 18.2 Å². The topological polar surface area (TPSA) is 9.23 Å². The SMILES string of the molecule is CC1C(Br)CCC1c1ccc2c(c1)CCO2. The van der Waals surface area contributed by atoms with E-state index in [0.717, 1.165) is 30.6 Å². The molecule has 1 aromatic carbocycles. The minimum absolute atomic E-state index is 0.696. The molecule has 1 saturated carbocycles. The Morgan fingerprint density at radius 3 is 2.94 bits per heavy atom. The molecule has 3 unspecified atom stereocenters. The van der Waals surface area contributed by atoms with E-state index in [4.69, 9.17) is 4.74 Å². The molecule has 86 valence electrons. The first-order valence-electron chi connectivity index (χ1n) is 6.15. The Kier molecular flexibility index (Phi) is 2.70. The van der Waals surface area contributed by atoms with Crippen molar-refractivity contribution in [1.29, 1.82) is 0 Å². The first-order chi connectivity index (χ1) is 7.75. The van der Waals surface area contributed by atoms with E-state index < -0.39 is 0 Å². The van der Waals surface area contributed by atoms with Crippen molar-refractivity contribution in [3.63, 3.8) is 0 Å². The number of fused-ring (bicyclic) bond motifs is 1. The highest BCUT2D eigenvalue weighted by Gasteiger charge is 2.32. The number of hydrogen-bond acceptors (Lipinski definition) is 1. The van der Waals surface area contributed by atoms with E-state index in [2.05, 4.69) is 41.1 Å². The predicted octanol–water partition coefficient (Wildman–Crippen LogP) is 3.90. The summed E-state index contributed by atoms with van der Waals surface area (Å²) in [5.74, 6) is 2.58. The first-order valence-corrected chi connectivity index (χ1v) is 7.07. The van der Waals surface area contributed by atoms with Gasteiger partial charge in [-0.05, 0) is 41.9 Å². The van der Waals surface area contributed by atoms with E-state index in [1.54, 1.807) is 0 Å². The van der Waals surface area contributed by atoms with E-state index in [1.807, 2.05) is 0 Å². The molecule has 3 rings (SSSR count). The monoisotopic (exact) mass is 280 g/mol. The van der Waals surface area contributed by atoms with Crippen LogP contribution in [-0.2, 0) is 6.42 Å². The molecule has 16 heavy (non-hydrogen) atoms. The van der Waals surface area contributed by atoms with Crippen LogP contribution in [0.3, 0.4) is 0 Å². The lowest BCUT2D eigenvalue weighted by atomic mass is 9.89. The maximum absolute atomic E-state index is 5.55. The van der Waals surface area contributed by atoms with Crippen molar-refractivity contribution in [3.05, 3.63) is 29.3 Å². The lowest BCUT2D eigenvalue weighted by Gasteiger charge is -2.18. The third-order valence-electron chi connectivity index (χ3n) is 4.10. The van der Waals surface area contributed by atoms with Crippen LogP contribution in [0.5, 0.6) is 5.75 Å². The highest BCUT2D eigenvalue weighted by atomic mass is 79.9. The van der Waals surface area contributed by atoms with Crippen LogP contribution in [0, 0.1) is 5.92 Å². The normalized spacial score (nSPS) is 32.5. The lowest BCUT2D eigenvalue weighted by molar-refractivity contribution is 0.356. The molecule has 1 fully saturated rings. The van der Waals surface area contributed by atoms with Crippen LogP contribution in [0.4, 0.5) is 0 Å². The number of alkyl halides is 1. The predicted molar refractivity (Wildman–Crippen MR) is 69.5 cm³/mol. The summed E-state index contributed by atoms with van der Waals surface area (Å²) in [6, 6.07) is 6.79. The molecule has 1 heterocycles. The van der Waals surface area contributed by atoms with Gasteiger partial charge >= 0.3 is 0 Å². The largest absolute Gasteiger partial charge is 0.493 e. The van der Waals surface area contributed by atoms with Gasteiger partial charge in [-0.1, -0.05) is 35.0 Å². The molecule has 3 atom stereocenters. The van der Waals surface area contributed by atoms with Crippen molar-refractivity contribution < 1.29 is 4.74 Å². The number of benzene rings is 1. The fourth-order valence-electron chi connectivity index (χ4n) is 3.02. The Bertz CT molecular complexity index is 402. The summed E-state index contributed by atoms with van der Waals surface area (Å²) in [4.78, 5) is 0.696. The molecule has 2 heteroatoms. The van der Waals surface area contributed by atoms with Gasteiger partial charge in [-0.15, -0.1) is 0 Å². The summed E-state index contributed by atoms with van der Waals surface area (Å²) in [6.07, 6.45) is 3.71. The second kappa shape index (κ2) is 4.06. The zero-order chi connectivity index (χ0) is 11.1. The fraction of sp³-hybridized carbons (Fsp3) is 0.571. The molecule has 1 aromatic rings. The van der Waals surface area contributed by atoms with Gasteiger partial charge in [-0.2, -0.15) is 0 Å². The van der Waals surface area contributed by atoms with Crippen LogP contribution in [0.25, 0.3) is 0 Å². The van der Waals surface area contributed by atoms with Crippen molar-refractivity contribution in [2.75, 3.05) is 6.61 Å². The molecule has 0 spiro atoms. The second-order valence-corrected chi connectivity index (χ2v) is 6.20. The third-order valence-corrected chi connectivity index (χ3v) is 5.39. The van der Waals surface area contributed by atoms with Crippen molar-refractivity contribution >= 4 is 15.9 Å². The smallest absolute Gasteiger partial charge is 0.122 e. The van der Waals surface area contributed by atoms with E-state index in [1.165, 1.54) is 24.0 Å². The average Bonchev–Trinajstić information content (AvgIpc) is 2.86. The molecule has 1 nitrogen and oxygen atoms in total. The zero-order valence-electron chi connectivity index (χ0n) is 9.58. The summed E-state index contributed by atoms with van der Waals surface area (Å²) in [7, 11) is 0. The highest BCUT2D eigenvalue weighted by Crippen LogP contribution is 2.44. The maximum atomic E-state index is 5.55. The van der Waals surface area contributed by atoms with Crippen LogP contribution in [0.1, 0.15) is 36.8 Å². The van der Waals surface area contributed by atoms with Crippen LogP contribution in [0.2, 0.25) is 0 Å². The van der Waals surface area contributed by atoms with E-state index in [9.17, 15) is 0 Å². The van der Waals surface area contributed by atoms with Gasteiger partial charge in [0.1, 0.15) is 5.75 Å². The summed E-state index contributed by atoms with van der Waals surface area (Å²) in [5.41, 5.74) is 2.92. The Balaban J connectivity index is 1.90. The molecule has 0 aromatic heterocycles. The van der Waals surface area contributed by atoms with Crippen LogP contribution in [-0.4, -0.2) is 11.4 Å². The molecule has 0 bridgehead atoms. The van der Waals surface area contributed by atoms with Gasteiger partial charge in [0, 0.05) is 11.2 Å². The molecular formula is C14H17BrO. The average molecular weight is 281 g/mol. The molecule has 0 amide bonds. The van der Waals surface area contributed by atoms with Gasteiger partial charge < -0.3 is 4.74 Å². The molecule has 0 saturated heterocycles. The minimum Gasteiger partial charge on any atom is -0.493 e. The molecule has 0 N–H and O–H groups in total. The van der Waals surface area contributed by atoms with Gasteiger partial charge in [0.2, 0.25) is 0 Å². The maximum Gasteiger partial charge on any atom is 0.122 e. The van der Waals surface area contributed by atoms with Crippen molar-refractivity contribution in [2.24, 2.45) is 5.92 Å². The Morgan fingerprint density at radius 2 is 2.19 bits per heavy atom. The number of rotatable bonds is 1. The van der Waals surface area contributed by atoms with Crippen molar-refractivity contribution in [1.82, 2.24) is 0 Å². The quantitative estimate of drug-likeness (QED) is 0.709. The second-order valence-electron chi connectivity index (χ2n) is 5.02. The van der Waals surface area contributed by atoms with E-state index in [0.29, 0.717) is 4.83 Å². The van der Waals surface area contributed by atoms with Crippen molar-refractivity contribution in [3.8, 4) is 5.75 Å². The summed E-state index contributed by atoms with van der Waals surface area (Å²) in [5, 5.41) is 0. The minimum atomic E-state index is 0.696. The standard InChI is InChI=1S/C14H17BrO/c1-9-12(3-4-13(9)15)10-2-5-14-11(8-10)6-7-16-14/h2,5,8-9,12-13H,3-4,6-7H2,1H3. The first kappa shape index (κ1) is 10.6. The lowest BCUT2D eigenvalue weighted by Crippen LogP contribution is -2.09. The number of ether oxygens (including phenoxy) is 1. The summed E-state index contributed by atoms with van der Waals surface area (Å²) in [6.45, 7) is 3.22. The zero-order valence-corrected chi connectivity index (χ0v) is 11.2. The van der Waals surface area contributed by atoms with Gasteiger partial charge in [0.05, 0.1) is 6.61 Å². The molecule has 1 aliphatic carbocycles. The van der Waals surface area contributed by atoms with E-state index >= 15 is 0 Å². The van der Waals surface area contributed by atoms with Gasteiger partial charge in [-0.3, -0.25) is 0 Å². The molecule has 0 radical (unpaired) electrons. The van der Waals surface area contributed by atoms with Gasteiger partial charge in [0.15, 0.2) is 0 Å². The highest BCUT2D eigenvalue weighted by molar-refractivity contribution is 9.09. The van der Waals surface area contributed by atoms with Gasteiger partial charge in [0.25, 0.3) is 0 Å². The Morgan fingerprint density at radius 1 is 1.31 bits per heavy atom. The summed E-state index contributed by atoms with van der Waals surface area (Å²) < 4.78 is 5.55. The molecule has 2 aliphatic rings. The molecular weight excluding hydrogens is 264 g/mol. The fourth-order valence-corrected chi connectivity index (χ4v) is 3.66. The molecule has 1 aliphatic heterocycles. The Labute approximate surface area is 105 Å². The third kappa shape index (κ3) is 1.67. The van der Waals surface area contributed by atoms with Crippen molar-refractivity contribution in [2.45, 2.75) is 36.9 Å². The Hall–Kier alpha value is -0.500.